The zero-order valence-electron chi connectivity index (χ0n) is 43.9. The van der Waals surface area contributed by atoms with Gasteiger partial charge in [-0.25, -0.2) is 4.79 Å². The second-order valence-electron chi connectivity index (χ2n) is 23.4. The number of carbonyl (C=O) groups excluding carboxylic acids is 2. The minimum atomic E-state index is -2.49. The van der Waals surface area contributed by atoms with Gasteiger partial charge >= 0.3 is 11.9 Å². The highest BCUT2D eigenvalue weighted by Crippen LogP contribution is 2.48. The van der Waals surface area contributed by atoms with Crippen molar-refractivity contribution in [2.75, 3.05) is 7.11 Å². The molecule has 1 unspecified atom stereocenters. The Morgan fingerprint density at radius 3 is 1.73 bits per heavy atom. The third kappa shape index (κ3) is 13.3. The summed E-state index contributed by atoms with van der Waals surface area (Å²) in [6.07, 6.45) is -1.94. The number of carbonyl (C=O) groups is 2. The first-order valence-corrected chi connectivity index (χ1v) is 34.6. The van der Waals surface area contributed by atoms with Crippen LogP contribution < -0.4 is 8.85 Å². The molecule has 1 aliphatic heterocycles. The molecule has 0 spiro atoms. The van der Waals surface area contributed by atoms with Gasteiger partial charge in [-0.1, -0.05) is 104 Å². The molecule has 0 aliphatic carbocycles. The van der Waals surface area contributed by atoms with Gasteiger partial charge < -0.3 is 37.0 Å². The van der Waals surface area contributed by atoms with Gasteiger partial charge in [-0.2, -0.15) is 0 Å². The molecule has 0 bridgehead atoms. The summed E-state index contributed by atoms with van der Waals surface area (Å²) in [6, 6.07) is 4.88. The zero-order chi connectivity index (χ0) is 48.4. The van der Waals surface area contributed by atoms with Crippen molar-refractivity contribution in [1.29, 1.82) is 0 Å². The second kappa shape index (κ2) is 20.5. The van der Waals surface area contributed by atoms with Crippen LogP contribution in [-0.4, -0.2) is 88.1 Å². The summed E-state index contributed by atoms with van der Waals surface area (Å²) >= 11 is 0. The number of hydrogen-bond acceptors (Lipinski definition) is 10. The van der Waals surface area contributed by atoms with Crippen molar-refractivity contribution in [3.63, 3.8) is 0 Å². The van der Waals surface area contributed by atoms with Crippen molar-refractivity contribution in [3.05, 3.63) is 22.8 Å². The van der Waals surface area contributed by atoms with Crippen molar-refractivity contribution in [1.82, 2.24) is 0 Å². The molecule has 0 aromatic heterocycles. The molecule has 62 heavy (non-hydrogen) atoms. The van der Waals surface area contributed by atoms with Crippen LogP contribution in [0, 0.1) is 18.3 Å². The van der Waals surface area contributed by atoms with Crippen molar-refractivity contribution >= 4 is 45.2 Å². The first-order chi connectivity index (χ1) is 27.9. The predicted octanol–water partition coefficient (Wildman–Crippen LogP) is 13.0. The topological polar surface area (TPSA) is 119 Å². The van der Waals surface area contributed by atoms with Crippen LogP contribution in [0.3, 0.4) is 0 Å². The number of benzene rings is 1. The predicted molar refractivity (Wildman–Crippen MR) is 265 cm³/mol. The summed E-state index contributed by atoms with van der Waals surface area (Å²) in [5.41, 5.74) is 1.44. The molecule has 1 aromatic carbocycles. The van der Waals surface area contributed by atoms with Gasteiger partial charge in [0.15, 0.2) is 16.6 Å². The quantitative estimate of drug-likeness (QED) is 0.106. The monoisotopic (exact) mass is 941 g/mol. The Kier molecular flexibility index (Phi) is 18.8. The van der Waals surface area contributed by atoms with Gasteiger partial charge in [-0.05, 0) is 97.0 Å². The molecule has 1 fully saturated rings. The molecule has 2 rings (SSSR count). The van der Waals surface area contributed by atoms with Gasteiger partial charge in [-0.3, -0.25) is 4.79 Å². The summed E-state index contributed by atoms with van der Waals surface area (Å²) in [5, 5.41) is 12.2. The van der Waals surface area contributed by atoms with E-state index in [-0.39, 0.29) is 27.6 Å². The van der Waals surface area contributed by atoms with Crippen molar-refractivity contribution < 1.29 is 46.6 Å². The average Bonchev–Trinajstić information content (AvgIpc) is 3.11. The molecule has 0 radical (unpaired) electrons. The molecule has 0 amide bonds. The Morgan fingerprint density at radius 1 is 0.839 bits per heavy atom. The van der Waals surface area contributed by atoms with Crippen LogP contribution in [0.1, 0.15) is 145 Å². The fourth-order valence-electron chi connectivity index (χ4n) is 7.40. The molecule has 360 valence electrons. The highest BCUT2D eigenvalue weighted by Gasteiger charge is 2.51. The van der Waals surface area contributed by atoms with Crippen molar-refractivity contribution in [3.8, 4) is 11.5 Å². The number of ether oxygens (including phenoxy) is 3. The number of methoxy groups -OCH3 is 1. The van der Waals surface area contributed by atoms with E-state index in [2.05, 4.69) is 136 Å². The van der Waals surface area contributed by atoms with E-state index in [4.69, 9.17) is 31.9 Å². The van der Waals surface area contributed by atoms with Gasteiger partial charge in [-0.15, -0.1) is 0 Å². The molecule has 1 aliphatic rings. The van der Waals surface area contributed by atoms with Crippen LogP contribution in [0.5, 0.6) is 11.5 Å². The van der Waals surface area contributed by atoms with Crippen LogP contribution in [0.25, 0.3) is 0 Å². The minimum Gasteiger partial charge on any atom is -0.543 e. The van der Waals surface area contributed by atoms with E-state index in [1.807, 2.05) is 19.9 Å². The standard InChI is InChI=1S/C48H92O10Si4/c1-25-62(26-2,27-3)58-41-31-42(53-34(6)49)54-40(48(41,16)17)29-36(50)33(5)37(55-59(19,20)45(7,8)9)28-35-32(4)38(56-60(21,22)46(10,11)12)30-39(43(35)44(51)52-18)57-61(23,24)47(13,14)15/h30,33,36-37,40-42,50H,25-29,31H2,1-24H3/t33-,36+,37-,40-,41-,42?/m1/s1. The Morgan fingerprint density at radius 2 is 1.31 bits per heavy atom. The lowest BCUT2D eigenvalue weighted by Gasteiger charge is -2.50. The highest BCUT2D eigenvalue weighted by atomic mass is 28.4. The van der Waals surface area contributed by atoms with E-state index in [1.165, 1.54) is 14.0 Å². The molecule has 10 nitrogen and oxygen atoms in total. The Hall–Kier alpha value is -1.53. The third-order valence-corrected chi connectivity index (χ3v) is 33.5. The summed E-state index contributed by atoms with van der Waals surface area (Å²) < 4.78 is 46.6. The van der Waals surface area contributed by atoms with E-state index < -0.39 is 81.1 Å². The summed E-state index contributed by atoms with van der Waals surface area (Å²) in [6.45, 7) is 49.5. The van der Waals surface area contributed by atoms with Gasteiger partial charge in [0.05, 0.1) is 31.5 Å². The maximum Gasteiger partial charge on any atom is 0.341 e. The smallest absolute Gasteiger partial charge is 0.341 e. The van der Waals surface area contributed by atoms with Crippen LogP contribution in [0.2, 0.25) is 72.5 Å². The molecular formula is C48H92O10Si4. The largest absolute Gasteiger partial charge is 0.543 e. The Balaban J connectivity index is 2.92. The van der Waals surface area contributed by atoms with Crippen LogP contribution in [-0.2, 0) is 34.3 Å². The number of rotatable bonds is 19. The lowest BCUT2D eigenvalue weighted by molar-refractivity contribution is -0.254. The number of aliphatic hydroxyl groups excluding tert-OH is 1. The first kappa shape index (κ1) is 56.6. The summed E-state index contributed by atoms with van der Waals surface area (Å²) in [7, 11) is -8.02. The van der Waals surface area contributed by atoms with Gasteiger partial charge in [0.2, 0.25) is 14.6 Å². The van der Waals surface area contributed by atoms with E-state index in [9.17, 15) is 14.7 Å². The van der Waals surface area contributed by atoms with Gasteiger partial charge in [0, 0.05) is 37.2 Å². The van der Waals surface area contributed by atoms with Crippen molar-refractivity contribution in [2.45, 2.75) is 240 Å². The average molecular weight is 942 g/mol. The molecule has 0 saturated carbocycles. The Bertz CT molecular complexity index is 1660. The lowest BCUT2D eigenvalue weighted by Crippen LogP contribution is -2.57. The Labute approximate surface area is 383 Å². The zero-order valence-corrected chi connectivity index (χ0v) is 47.9. The molecular weight excluding hydrogens is 849 g/mol. The first-order valence-electron chi connectivity index (χ1n) is 23.4. The minimum absolute atomic E-state index is 0.0888. The van der Waals surface area contributed by atoms with E-state index in [0.29, 0.717) is 29.9 Å². The molecule has 1 N–H and O–H groups in total. The fourth-order valence-corrected chi connectivity index (χ4v) is 13.9. The second-order valence-corrected chi connectivity index (χ2v) is 42.4. The fraction of sp³-hybridized carbons (Fsp3) is 0.833. The normalized spacial score (nSPS) is 20.9. The van der Waals surface area contributed by atoms with Crippen LogP contribution >= 0.6 is 0 Å². The van der Waals surface area contributed by atoms with E-state index >= 15 is 0 Å². The maximum absolute atomic E-state index is 14.2. The SMILES string of the molecule is CC[Si](CC)(CC)O[C@@H]1CC(OC(C)=O)O[C@H](C[C@H](O)[C@@H](C)[C@@H](Cc2c(C)c(O[Si](C)(C)C(C)(C)C)cc(O[Si](C)(C)C(C)(C)C)c2C(=O)OC)O[Si](C)(C)C(C)(C)C)C1(C)C. The van der Waals surface area contributed by atoms with Crippen LogP contribution in [0.4, 0.5) is 0 Å². The van der Waals surface area contributed by atoms with E-state index in [0.717, 1.165) is 29.3 Å². The molecule has 1 saturated heterocycles. The summed E-state index contributed by atoms with van der Waals surface area (Å²) in [4.78, 5) is 26.5. The number of aliphatic hydroxyl groups is 1. The molecule has 14 heteroatoms. The molecule has 1 aromatic rings. The van der Waals surface area contributed by atoms with Crippen LogP contribution in [0.15, 0.2) is 6.07 Å². The van der Waals surface area contributed by atoms with Gasteiger partial charge in [0.1, 0.15) is 17.1 Å². The molecule has 1 heterocycles. The third-order valence-electron chi connectivity index (χ3n) is 15.7. The molecule has 6 atom stereocenters. The number of esters is 2. The number of hydrogen-bond donors (Lipinski definition) is 1. The van der Waals surface area contributed by atoms with Crippen molar-refractivity contribution in [2.24, 2.45) is 11.3 Å². The lowest BCUT2D eigenvalue weighted by atomic mass is 9.74. The van der Waals surface area contributed by atoms with E-state index in [1.54, 1.807) is 0 Å². The maximum atomic E-state index is 14.2. The highest BCUT2D eigenvalue weighted by molar-refractivity contribution is 6.75. The summed E-state index contributed by atoms with van der Waals surface area (Å²) in [5.74, 6) is -0.170. The van der Waals surface area contributed by atoms with Gasteiger partial charge in [0.25, 0.3) is 8.32 Å².